The van der Waals surface area contributed by atoms with E-state index in [0.717, 1.165) is 5.52 Å². The van der Waals surface area contributed by atoms with Crippen molar-refractivity contribution < 1.29 is 27.2 Å². The van der Waals surface area contributed by atoms with Crippen LogP contribution < -0.4 is 5.32 Å². The van der Waals surface area contributed by atoms with E-state index >= 15 is 0 Å². The van der Waals surface area contributed by atoms with E-state index in [2.05, 4.69) is 10.3 Å². The summed E-state index contributed by atoms with van der Waals surface area (Å²) in [5.74, 6) is 0.0617. The quantitative estimate of drug-likeness (QED) is 0.393. The van der Waals surface area contributed by atoms with E-state index in [4.69, 9.17) is 9.15 Å². The number of rotatable bonds is 6. The second-order valence-electron chi connectivity index (χ2n) is 8.64. The lowest BCUT2D eigenvalue weighted by Gasteiger charge is -2.33. The van der Waals surface area contributed by atoms with Gasteiger partial charge in [0.25, 0.3) is 5.91 Å². The molecule has 0 saturated carbocycles. The lowest BCUT2D eigenvalue weighted by Crippen LogP contribution is -2.50. The van der Waals surface area contributed by atoms with Gasteiger partial charge in [-0.2, -0.15) is 4.31 Å². The number of oxazole rings is 1. The van der Waals surface area contributed by atoms with Gasteiger partial charge >= 0.3 is 6.09 Å². The van der Waals surface area contributed by atoms with E-state index in [9.17, 15) is 18.0 Å². The number of nitrogens with zero attached hydrogens (tertiary/aromatic N) is 3. The SMILES string of the molecule is CCOC(=O)N1CCN(S(=O)(=O)c2ccc(C(=O)Nc3cccc(-c4nc5ccccc5o4)c3)cc2)CC1. The van der Waals surface area contributed by atoms with Crippen LogP contribution in [0.2, 0.25) is 0 Å². The van der Waals surface area contributed by atoms with Gasteiger partial charge in [-0.1, -0.05) is 18.2 Å². The minimum atomic E-state index is -3.77. The number of amides is 2. The number of fused-ring (bicyclic) bond motifs is 1. The zero-order valence-corrected chi connectivity index (χ0v) is 21.5. The Morgan fingerprint density at radius 3 is 2.42 bits per heavy atom. The van der Waals surface area contributed by atoms with Gasteiger partial charge < -0.3 is 19.4 Å². The molecule has 38 heavy (non-hydrogen) atoms. The van der Waals surface area contributed by atoms with Crippen LogP contribution in [0.1, 0.15) is 17.3 Å². The summed E-state index contributed by atoms with van der Waals surface area (Å²) >= 11 is 0. The van der Waals surface area contributed by atoms with Gasteiger partial charge in [0.05, 0.1) is 11.5 Å². The molecule has 1 fully saturated rings. The molecule has 196 valence electrons. The maximum Gasteiger partial charge on any atom is 0.409 e. The summed E-state index contributed by atoms with van der Waals surface area (Å²) in [6.07, 6.45) is -0.445. The fraction of sp³-hybridized carbons (Fsp3) is 0.222. The Bertz CT molecular complexity index is 1540. The minimum Gasteiger partial charge on any atom is -0.450 e. The van der Waals surface area contributed by atoms with Crippen LogP contribution in [-0.2, 0) is 14.8 Å². The first-order valence-corrected chi connectivity index (χ1v) is 13.6. The minimum absolute atomic E-state index is 0.0802. The van der Waals surface area contributed by atoms with Gasteiger partial charge in [0.2, 0.25) is 15.9 Å². The summed E-state index contributed by atoms with van der Waals surface area (Å²) in [5, 5.41) is 2.83. The van der Waals surface area contributed by atoms with Crippen molar-refractivity contribution in [2.45, 2.75) is 11.8 Å². The normalized spacial score (nSPS) is 14.4. The zero-order valence-electron chi connectivity index (χ0n) is 20.7. The number of benzene rings is 3. The smallest absolute Gasteiger partial charge is 0.409 e. The number of sulfonamides is 1. The van der Waals surface area contributed by atoms with E-state index in [-0.39, 0.29) is 43.6 Å². The summed E-state index contributed by atoms with van der Waals surface area (Å²) in [7, 11) is -3.77. The average molecular weight is 535 g/mol. The summed E-state index contributed by atoms with van der Waals surface area (Å²) < 4.78 is 38.3. The lowest BCUT2D eigenvalue weighted by molar-refractivity contribution is 0.0933. The van der Waals surface area contributed by atoms with E-state index in [1.54, 1.807) is 25.1 Å². The van der Waals surface area contributed by atoms with Crippen molar-refractivity contribution in [1.29, 1.82) is 0 Å². The van der Waals surface area contributed by atoms with Crippen LogP contribution in [0.25, 0.3) is 22.6 Å². The summed E-state index contributed by atoms with van der Waals surface area (Å²) in [6, 6.07) is 20.4. The molecule has 10 nitrogen and oxygen atoms in total. The van der Waals surface area contributed by atoms with Gasteiger partial charge in [0, 0.05) is 43.0 Å². The van der Waals surface area contributed by atoms with Crippen molar-refractivity contribution in [1.82, 2.24) is 14.2 Å². The van der Waals surface area contributed by atoms with Crippen molar-refractivity contribution in [2.24, 2.45) is 0 Å². The molecule has 0 bridgehead atoms. The molecule has 0 aliphatic carbocycles. The molecule has 0 unspecified atom stereocenters. The molecular weight excluding hydrogens is 508 g/mol. The fourth-order valence-corrected chi connectivity index (χ4v) is 5.60. The maximum atomic E-state index is 13.1. The van der Waals surface area contributed by atoms with Crippen molar-refractivity contribution in [3.05, 3.63) is 78.4 Å². The Kier molecular flexibility index (Phi) is 7.12. The average Bonchev–Trinajstić information content (AvgIpc) is 3.38. The number of ether oxygens (including phenoxy) is 1. The van der Waals surface area contributed by atoms with Crippen molar-refractivity contribution >= 4 is 38.8 Å². The topological polar surface area (TPSA) is 122 Å². The molecule has 1 saturated heterocycles. The van der Waals surface area contributed by atoms with E-state index in [1.807, 2.05) is 30.3 Å². The standard InChI is InChI=1S/C27H26N4O6S/c1-2-36-27(33)30-14-16-31(17-15-30)38(34,35)22-12-10-19(11-13-22)25(32)28-21-7-5-6-20(18-21)26-29-23-8-3-4-9-24(23)37-26/h3-13,18H,2,14-17H2,1H3,(H,28,32). The van der Waals surface area contributed by atoms with Crippen LogP contribution in [0.4, 0.5) is 10.5 Å². The summed E-state index contributed by atoms with van der Waals surface area (Å²) in [6.45, 7) is 2.82. The highest BCUT2D eigenvalue weighted by Gasteiger charge is 2.30. The molecule has 1 aliphatic heterocycles. The fourth-order valence-electron chi connectivity index (χ4n) is 4.18. The van der Waals surface area contributed by atoms with Crippen LogP contribution in [0.5, 0.6) is 0 Å². The highest BCUT2D eigenvalue weighted by Crippen LogP contribution is 2.26. The predicted octanol–water partition coefficient (Wildman–Crippen LogP) is 4.21. The maximum absolute atomic E-state index is 13.1. The van der Waals surface area contributed by atoms with E-state index in [1.165, 1.54) is 33.5 Å². The van der Waals surface area contributed by atoms with Gasteiger partial charge in [-0.3, -0.25) is 4.79 Å². The Hall–Kier alpha value is -4.22. The molecule has 1 aliphatic rings. The number of hydrogen-bond donors (Lipinski definition) is 1. The molecule has 1 N–H and O–H groups in total. The second kappa shape index (κ2) is 10.6. The first kappa shape index (κ1) is 25.4. The highest BCUT2D eigenvalue weighted by atomic mass is 32.2. The third kappa shape index (κ3) is 5.24. The molecule has 1 aromatic heterocycles. The van der Waals surface area contributed by atoms with Crippen LogP contribution in [-0.4, -0.2) is 67.4 Å². The molecule has 2 amide bonds. The van der Waals surface area contributed by atoms with E-state index < -0.39 is 16.1 Å². The molecule has 0 atom stereocenters. The number of piperazine rings is 1. The third-order valence-corrected chi connectivity index (χ3v) is 8.09. The largest absolute Gasteiger partial charge is 0.450 e. The number of carbonyl (C=O) groups excluding carboxylic acids is 2. The number of nitrogens with one attached hydrogen (secondary N) is 1. The molecule has 3 aromatic carbocycles. The highest BCUT2D eigenvalue weighted by molar-refractivity contribution is 7.89. The van der Waals surface area contributed by atoms with Crippen molar-refractivity contribution in [3.8, 4) is 11.5 Å². The van der Waals surface area contributed by atoms with Gasteiger partial charge in [0.15, 0.2) is 5.58 Å². The number of para-hydroxylation sites is 2. The lowest BCUT2D eigenvalue weighted by atomic mass is 10.1. The first-order valence-electron chi connectivity index (χ1n) is 12.1. The second-order valence-corrected chi connectivity index (χ2v) is 10.6. The van der Waals surface area contributed by atoms with E-state index in [0.29, 0.717) is 28.3 Å². The molecule has 0 radical (unpaired) electrons. The monoisotopic (exact) mass is 534 g/mol. The van der Waals surface area contributed by atoms with Gasteiger partial charge in [-0.05, 0) is 61.5 Å². The Morgan fingerprint density at radius 1 is 0.974 bits per heavy atom. The summed E-state index contributed by atoms with van der Waals surface area (Å²) in [5.41, 5.74) is 2.98. The Balaban J connectivity index is 1.24. The van der Waals surface area contributed by atoms with Crippen LogP contribution in [0.15, 0.2) is 82.1 Å². The Labute approximate surface area is 219 Å². The van der Waals surface area contributed by atoms with Crippen molar-refractivity contribution in [3.63, 3.8) is 0 Å². The molecular formula is C27H26N4O6S. The molecule has 11 heteroatoms. The van der Waals surface area contributed by atoms with Gasteiger partial charge in [-0.25, -0.2) is 18.2 Å². The number of anilines is 1. The zero-order chi connectivity index (χ0) is 26.7. The number of aromatic nitrogens is 1. The number of carbonyl (C=O) groups is 2. The molecule has 0 spiro atoms. The first-order chi connectivity index (χ1) is 18.3. The van der Waals surface area contributed by atoms with Crippen LogP contribution >= 0.6 is 0 Å². The van der Waals surface area contributed by atoms with Crippen LogP contribution in [0, 0.1) is 0 Å². The summed E-state index contributed by atoms with van der Waals surface area (Å²) in [4.78, 5) is 30.8. The Morgan fingerprint density at radius 2 is 1.71 bits per heavy atom. The molecule has 2 heterocycles. The van der Waals surface area contributed by atoms with Crippen LogP contribution in [0.3, 0.4) is 0 Å². The molecule has 5 rings (SSSR count). The van der Waals surface area contributed by atoms with Crippen molar-refractivity contribution in [2.75, 3.05) is 38.1 Å². The molecule has 4 aromatic rings. The van der Waals surface area contributed by atoms with Gasteiger partial charge in [0.1, 0.15) is 5.52 Å². The third-order valence-electron chi connectivity index (χ3n) is 6.18. The van der Waals surface area contributed by atoms with Gasteiger partial charge in [-0.15, -0.1) is 0 Å². The predicted molar refractivity (Wildman–Crippen MR) is 141 cm³/mol. The number of hydrogen-bond acceptors (Lipinski definition) is 7.